The van der Waals surface area contributed by atoms with Crippen LogP contribution in [0.2, 0.25) is 0 Å². The molecular weight excluding hydrogens is 365 g/mol. The fourth-order valence-corrected chi connectivity index (χ4v) is 4.10. The van der Waals surface area contributed by atoms with Crippen LogP contribution in [0.3, 0.4) is 0 Å². The van der Waals surface area contributed by atoms with Crippen molar-refractivity contribution in [2.75, 3.05) is 13.1 Å². The van der Waals surface area contributed by atoms with Gasteiger partial charge in [0.2, 0.25) is 5.91 Å². The third-order valence-corrected chi connectivity index (χ3v) is 5.51. The quantitative estimate of drug-likeness (QED) is 0.598. The number of Topliss-reactive ketones (excluding diaryl/α,β-unsaturated/α-hetero) is 1. The number of aromatic nitrogens is 1. The Morgan fingerprint density at radius 3 is 2.39 bits per heavy atom. The fourth-order valence-electron chi connectivity index (χ4n) is 4.10. The summed E-state index contributed by atoms with van der Waals surface area (Å²) in [6.45, 7) is 1.03. The Bertz CT molecular complexity index is 944. The van der Waals surface area contributed by atoms with Gasteiger partial charge < -0.3 is 4.90 Å². The summed E-state index contributed by atoms with van der Waals surface area (Å²) in [6, 6.07) is 8.46. The van der Waals surface area contributed by atoms with Gasteiger partial charge in [-0.25, -0.2) is 9.37 Å². The molecule has 0 N–H and O–H groups in total. The van der Waals surface area contributed by atoms with E-state index in [0.29, 0.717) is 37.2 Å². The van der Waals surface area contributed by atoms with Crippen molar-refractivity contribution in [2.24, 2.45) is 11.8 Å². The Kier molecular flexibility index (Phi) is 4.62. The van der Waals surface area contributed by atoms with Crippen LogP contribution in [-0.2, 0) is 16.0 Å². The molecule has 1 aliphatic heterocycles. The van der Waals surface area contributed by atoms with Gasteiger partial charge in [0.25, 0.3) is 5.69 Å². The highest BCUT2D eigenvalue weighted by atomic mass is 19.1. The third kappa shape index (κ3) is 3.49. The van der Waals surface area contributed by atoms with Crippen molar-refractivity contribution in [2.45, 2.75) is 19.3 Å². The van der Waals surface area contributed by atoms with Gasteiger partial charge in [-0.05, 0) is 42.2 Å². The van der Waals surface area contributed by atoms with Gasteiger partial charge in [0.05, 0.1) is 17.0 Å². The van der Waals surface area contributed by atoms with Gasteiger partial charge in [-0.1, -0.05) is 0 Å². The van der Waals surface area contributed by atoms with E-state index >= 15 is 0 Å². The lowest BCUT2D eigenvalue weighted by atomic mass is 10.0. The summed E-state index contributed by atoms with van der Waals surface area (Å²) < 4.78 is 13.1. The van der Waals surface area contributed by atoms with Gasteiger partial charge in [0, 0.05) is 37.6 Å². The predicted molar refractivity (Wildman–Crippen MR) is 97.8 cm³/mol. The minimum Gasteiger partial charge on any atom is -0.342 e. The number of hydrogen-bond donors (Lipinski definition) is 0. The first-order valence-electron chi connectivity index (χ1n) is 9.10. The van der Waals surface area contributed by atoms with Crippen LogP contribution in [0.1, 0.15) is 18.5 Å². The van der Waals surface area contributed by atoms with Crippen molar-refractivity contribution in [3.8, 4) is 11.3 Å². The number of ketones is 1. The molecule has 28 heavy (non-hydrogen) atoms. The highest BCUT2D eigenvalue weighted by Gasteiger charge is 2.41. The molecule has 2 fully saturated rings. The van der Waals surface area contributed by atoms with Gasteiger partial charge in [-0.2, -0.15) is 0 Å². The second-order valence-corrected chi connectivity index (χ2v) is 7.37. The van der Waals surface area contributed by atoms with Gasteiger partial charge in [0.15, 0.2) is 0 Å². The minimum atomic E-state index is -0.554. The molecule has 2 atom stereocenters. The zero-order chi connectivity index (χ0) is 19.8. The maximum atomic E-state index is 13.1. The number of pyridine rings is 1. The molecule has 1 aromatic carbocycles. The zero-order valence-electron chi connectivity index (χ0n) is 15.0. The van der Waals surface area contributed by atoms with Crippen LogP contribution in [0.15, 0.2) is 36.4 Å². The van der Waals surface area contributed by atoms with Crippen molar-refractivity contribution in [1.82, 2.24) is 9.88 Å². The molecule has 4 rings (SSSR count). The van der Waals surface area contributed by atoms with Crippen LogP contribution in [-0.4, -0.2) is 39.6 Å². The molecule has 2 aliphatic rings. The van der Waals surface area contributed by atoms with E-state index in [1.165, 1.54) is 36.4 Å². The van der Waals surface area contributed by atoms with Crippen molar-refractivity contribution in [3.63, 3.8) is 0 Å². The van der Waals surface area contributed by atoms with E-state index in [2.05, 4.69) is 4.98 Å². The SMILES string of the molecule is O=C1CC2CN(C(=O)Cc3nc(-c4ccc(F)cc4)ccc3[N+](=O)[O-])CC2C1. The second-order valence-electron chi connectivity index (χ2n) is 7.37. The largest absolute Gasteiger partial charge is 0.342 e. The number of carbonyl (C=O) groups excluding carboxylic acids is 2. The molecule has 8 heteroatoms. The van der Waals surface area contributed by atoms with E-state index in [1.54, 1.807) is 4.90 Å². The van der Waals surface area contributed by atoms with E-state index in [-0.39, 0.29) is 47.1 Å². The molecule has 1 saturated carbocycles. The first kappa shape index (κ1) is 18.2. The highest BCUT2D eigenvalue weighted by Crippen LogP contribution is 2.36. The number of nitrogens with zero attached hydrogens (tertiary/aromatic N) is 3. The summed E-state index contributed by atoms with van der Waals surface area (Å²) in [6.07, 6.45) is 0.832. The number of hydrogen-bond acceptors (Lipinski definition) is 5. The summed E-state index contributed by atoms with van der Waals surface area (Å²) in [4.78, 5) is 41.1. The lowest BCUT2D eigenvalue weighted by Crippen LogP contribution is -2.31. The number of rotatable bonds is 4. The molecule has 1 saturated heterocycles. The van der Waals surface area contributed by atoms with Crippen LogP contribution in [0.25, 0.3) is 11.3 Å². The van der Waals surface area contributed by atoms with Crippen LogP contribution in [0.5, 0.6) is 0 Å². The average Bonchev–Trinajstić information content (AvgIpc) is 3.19. The molecule has 0 radical (unpaired) electrons. The number of amides is 1. The number of benzene rings is 1. The number of carbonyl (C=O) groups is 2. The average molecular weight is 383 g/mol. The van der Waals surface area contributed by atoms with Gasteiger partial charge >= 0.3 is 0 Å². The van der Waals surface area contributed by atoms with Gasteiger partial charge in [0.1, 0.15) is 17.3 Å². The zero-order valence-corrected chi connectivity index (χ0v) is 15.0. The summed E-state index contributed by atoms with van der Waals surface area (Å²) in [5, 5.41) is 11.4. The predicted octanol–water partition coefficient (Wildman–Crippen LogP) is 2.78. The maximum absolute atomic E-state index is 13.1. The van der Waals surface area contributed by atoms with E-state index in [9.17, 15) is 24.1 Å². The number of halogens is 1. The summed E-state index contributed by atoms with van der Waals surface area (Å²) >= 11 is 0. The Balaban J connectivity index is 1.56. The molecule has 1 aromatic heterocycles. The normalized spacial score (nSPS) is 21.0. The fraction of sp³-hybridized carbons (Fsp3) is 0.350. The monoisotopic (exact) mass is 383 g/mol. The summed E-state index contributed by atoms with van der Waals surface area (Å²) in [5.74, 6) is 0.0223. The molecule has 7 nitrogen and oxygen atoms in total. The first-order valence-corrected chi connectivity index (χ1v) is 9.10. The van der Waals surface area contributed by atoms with Crippen molar-refractivity contribution in [3.05, 3.63) is 58.0 Å². The van der Waals surface area contributed by atoms with Crippen molar-refractivity contribution in [1.29, 1.82) is 0 Å². The maximum Gasteiger partial charge on any atom is 0.291 e. The van der Waals surface area contributed by atoms with Gasteiger partial charge in [-0.15, -0.1) is 0 Å². The number of likely N-dealkylation sites (tertiary alicyclic amines) is 1. The minimum absolute atomic E-state index is 0.0879. The lowest BCUT2D eigenvalue weighted by Gasteiger charge is -2.17. The summed E-state index contributed by atoms with van der Waals surface area (Å²) in [7, 11) is 0. The Labute approximate surface area is 160 Å². The smallest absolute Gasteiger partial charge is 0.291 e. The Morgan fingerprint density at radius 2 is 1.79 bits per heavy atom. The molecule has 2 aromatic rings. The van der Waals surface area contributed by atoms with E-state index in [0.717, 1.165) is 0 Å². The molecule has 0 spiro atoms. The van der Waals surface area contributed by atoms with E-state index in [4.69, 9.17) is 0 Å². The molecule has 1 amide bonds. The van der Waals surface area contributed by atoms with Crippen LogP contribution in [0.4, 0.5) is 10.1 Å². The topological polar surface area (TPSA) is 93.4 Å². The van der Waals surface area contributed by atoms with Crippen LogP contribution < -0.4 is 0 Å². The third-order valence-electron chi connectivity index (χ3n) is 5.51. The van der Waals surface area contributed by atoms with E-state index in [1.807, 2.05) is 0 Å². The van der Waals surface area contributed by atoms with Crippen molar-refractivity contribution < 1.29 is 18.9 Å². The Hall–Kier alpha value is -3.16. The Morgan fingerprint density at radius 1 is 1.14 bits per heavy atom. The molecule has 1 aliphatic carbocycles. The van der Waals surface area contributed by atoms with Gasteiger partial charge in [-0.3, -0.25) is 19.7 Å². The van der Waals surface area contributed by atoms with Crippen LogP contribution >= 0.6 is 0 Å². The number of fused-ring (bicyclic) bond motifs is 1. The van der Waals surface area contributed by atoms with Crippen molar-refractivity contribution >= 4 is 17.4 Å². The number of nitro groups is 1. The molecule has 0 bridgehead atoms. The lowest BCUT2D eigenvalue weighted by molar-refractivity contribution is -0.385. The van der Waals surface area contributed by atoms with Crippen LogP contribution in [0, 0.1) is 27.8 Å². The molecule has 2 unspecified atom stereocenters. The molecule has 144 valence electrons. The molecular formula is C20H18FN3O4. The standard InChI is InChI=1S/C20H18FN3O4/c21-15-3-1-12(2-4-15)17-5-6-19(24(27)28)18(22-17)9-20(26)23-10-13-7-16(25)8-14(13)11-23/h1-6,13-14H,7-11H2. The highest BCUT2D eigenvalue weighted by molar-refractivity contribution is 5.83. The second kappa shape index (κ2) is 7.10. The molecule has 2 heterocycles. The first-order chi connectivity index (χ1) is 13.4. The summed E-state index contributed by atoms with van der Waals surface area (Å²) in [5.41, 5.74) is 0.926. The van der Waals surface area contributed by atoms with E-state index < -0.39 is 4.92 Å².